The molecule has 19 heavy (non-hydrogen) atoms. The van der Waals surface area contributed by atoms with Crippen LogP contribution < -0.4 is 5.32 Å². The lowest BCUT2D eigenvalue weighted by atomic mass is 9.87. The molecular weight excluding hydrogens is 250 g/mol. The van der Waals surface area contributed by atoms with Gasteiger partial charge in [0.2, 0.25) is 0 Å². The first-order valence-corrected chi connectivity index (χ1v) is 8.40. The molecule has 1 heterocycles. The average molecular weight is 279 g/mol. The molecule has 1 nitrogen and oxygen atoms in total. The van der Waals surface area contributed by atoms with Crippen molar-refractivity contribution in [2.75, 3.05) is 6.54 Å². The van der Waals surface area contributed by atoms with Crippen molar-refractivity contribution in [3.8, 4) is 0 Å². The van der Waals surface area contributed by atoms with E-state index in [-0.39, 0.29) is 0 Å². The third-order valence-corrected chi connectivity index (χ3v) is 5.47. The number of aryl methyl sites for hydroxylation is 1. The van der Waals surface area contributed by atoms with Gasteiger partial charge in [0.05, 0.1) is 0 Å². The van der Waals surface area contributed by atoms with E-state index >= 15 is 0 Å². The third kappa shape index (κ3) is 4.92. The SMILES string of the molecule is CC(C)(CCc1ccc(C(C)(C)C)s1)CNC1CC1. The van der Waals surface area contributed by atoms with E-state index in [0.29, 0.717) is 10.8 Å². The molecule has 1 aromatic heterocycles. The van der Waals surface area contributed by atoms with Crippen molar-refractivity contribution < 1.29 is 0 Å². The summed E-state index contributed by atoms with van der Waals surface area (Å²) in [5.41, 5.74) is 0.709. The Bertz CT molecular complexity index is 407. The molecule has 0 saturated heterocycles. The van der Waals surface area contributed by atoms with Crippen LogP contribution in [0.5, 0.6) is 0 Å². The van der Waals surface area contributed by atoms with Crippen LogP contribution in [-0.4, -0.2) is 12.6 Å². The Hall–Kier alpha value is -0.340. The topological polar surface area (TPSA) is 12.0 Å². The van der Waals surface area contributed by atoms with Crippen molar-refractivity contribution >= 4 is 11.3 Å². The van der Waals surface area contributed by atoms with Crippen LogP contribution in [-0.2, 0) is 11.8 Å². The smallest absolute Gasteiger partial charge is 0.0102 e. The van der Waals surface area contributed by atoms with Crippen molar-refractivity contribution in [3.63, 3.8) is 0 Å². The molecule has 1 N–H and O–H groups in total. The maximum Gasteiger partial charge on any atom is 0.0102 e. The molecule has 1 aromatic rings. The lowest BCUT2D eigenvalue weighted by molar-refractivity contribution is 0.314. The summed E-state index contributed by atoms with van der Waals surface area (Å²) in [6, 6.07) is 5.47. The Balaban J connectivity index is 1.81. The number of rotatable bonds is 6. The quantitative estimate of drug-likeness (QED) is 0.792. The zero-order valence-electron chi connectivity index (χ0n) is 13.2. The Morgan fingerprint density at radius 3 is 2.37 bits per heavy atom. The summed E-state index contributed by atoms with van der Waals surface area (Å²) in [5.74, 6) is 0. The normalized spacial score (nSPS) is 16.9. The minimum atomic E-state index is 0.298. The highest BCUT2D eigenvalue weighted by molar-refractivity contribution is 7.12. The fourth-order valence-electron chi connectivity index (χ4n) is 2.17. The van der Waals surface area contributed by atoms with Gasteiger partial charge in [0, 0.05) is 22.3 Å². The van der Waals surface area contributed by atoms with E-state index in [1.54, 1.807) is 4.88 Å². The molecule has 0 bridgehead atoms. The first kappa shape index (κ1) is 15.1. The molecule has 0 amide bonds. The summed E-state index contributed by atoms with van der Waals surface area (Å²) in [5, 5.41) is 3.67. The van der Waals surface area contributed by atoms with Gasteiger partial charge in [0.1, 0.15) is 0 Å². The minimum Gasteiger partial charge on any atom is -0.313 e. The van der Waals surface area contributed by atoms with Crippen LogP contribution in [0.3, 0.4) is 0 Å². The van der Waals surface area contributed by atoms with Gasteiger partial charge < -0.3 is 5.32 Å². The summed E-state index contributed by atoms with van der Waals surface area (Å²) in [4.78, 5) is 3.06. The molecular formula is C17H29NS. The standard InChI is InChI=1S/C17H29NS/c1-16(2,3)15-9-8-14(19-15)10-11-17(4,5)12-18-13-6-7-13/h8-9,13,18H,6-7,10-12H2,1-5H3. The van der Waals surface area contributed by atoms with Gasteiger partial charge in [-0.3, -0.25) is 0 Å². The second-order valence-electron chi connectivity index (χ2n) is 7.84. The third-order valence-electron chi connectivity index (χ3n) is 3.90. The van der Waals surface area contributed by atoms with E-state index in [1.165, 1.54) is 30.6 Å². The zero-order valence-corrected chi connectivity index (χ0v) is 14.0. The highest BCUT2D eigenvalue weighted by Gasteiger charge is 2.25. The van der Waals surface area contributed by atoms with Gasteiger partial charge in [0.25, 0.3) is 0 Å². The predicted molar refractivity (Wildman–Crippen MR) is 86.1 cm³/mol. The highest BCUT2D eigenvalue weighted by Crippen LogP contribution is 2.32. The summed E-state index contributed by atoms with van der Waals surface area (Å²) >= 11 is 2.00. The van der Waals surface area contributed by atoms with E-state index < -0.39 is 0 Å². The maximum absolute atomic E-state index is 3.67. The van der Waals surface area contributed by atoms with Crippen molar-refractivity contribution in [1.82, 2.24) is 5.32 Å². The van der Waals surface area contributed by atoms with Crippen LogP contribution in [0.2, 0.25) is 0 Å². The van der Waals surface area contributed by atoms with Crippen LogP contribution in [0.4, 0.5) is 0 Å². The second-order valence-corrected chi connectivity index (χ2v) is 9.00. The lowest BCUT2D eigenvalue weighted by Crippen LogP contribution is -2.31. The molecule has 108 valence electrons. The van der Waals surface area contributed by atoms with Crippen LogP contribution in [0.15, 0.2) is 12.1 Å². The molecule has 0 radical (unpaired) electrons. The predicted octanol–water partition coefficient (Wildman–Crippen LogP) is 4.76. The van der Waals surface area contributed by atoms with Crippen LogP contribution in [0.25, 0.3) is 0 Å². The number of nitrogens with one attached hydrogen (secondary N) is 1. The summed E-state index contributed by atoms with van der Waals surface area (Å²) < 4.78 is 0. The lowest BCUT2D eigenvalue weighted by Gasteiger charge is -2.25. The van der Waals surface area contributed by atoms with Gasteiger partial charge in [-0.1, -0.05) is 34.6 Å². The Morgan fingerprint density at radius 1 is 1.16 bits per heavy atom. The molecule has 1 saturated carbocycles. The number of thiophene rings is 1. The molecule has 2 heteroatoms. The molecule has 1 aliphatic rings. The molecule has 0 aliphatic heterocycles. The molecule has 0 atom stereocenters. The summed E-state index contributed by atoms with van der Waals surface area (Å²) in [7, 11) is 0. The van der Waals surface area contributed by atoms with E-state index in [2.05, 4.69) is 52.1 Å². The summed E-state index contributed by atoms with van der Waals surface area (Å²) in [6.45, 7) is 12.8. The Morgan fingerprint density at radius 2 is 1.84 bits per heavy atom. The van der Waals surface area contributed by atoms with Crippen molar-refractivity contribution in [2.45, 2.75) is 71.8 Å². The monoisotopic (exact) mass is 279 g/mol. The fraction of sp³-hybridized carbons (Fsp3) is 0.765. The molecule has 0 spiro atoms. The van der Waals surface area contributed by atoms with Gasteiger partial charge in [-0.15, -0.1) is 11.3 Å². The van der Waals surface area contributed by atoms with Crippen molar-refractivity contribution in [2.24, 2.45) is 5.41 Å². The molecule has 0 unspecified atom stereocenters. The van der Waals surface area contributed by atoms with Crippen LogP contribution in [0, 0.1) is 5.41 Å². The molecule has 0 aromatic carbocycles. The van der Waals surface area contributed by atoms with Gasteiger partial charge in [-0.2, -0.15) is 0 Å². The average Bonchev–Trinajstić information content (AvgIpc) is 2.99. The van der Waals surface area contributed by atoms with Gasteiger partial charge in [-0.25, -0.2) is 0 Å². The van der Waals surface area contributed by atoms with Crippen molar-refractivity contribution in [3.05, 3.63) is 21.9 Å². The van der Waals surface area contributed by atoms with Gasteiger partial charge in [-0.05, 0) is 48.6 Å². The van der Waals surface area contributed by atoms with Crippen molar-refractivity contribution in [1.29, 1.82) is 0 Å². The van der Waals surface area contributed by atoms with Crippen LogP contribution in [0.1, 0.15) is 63.6 Å². The number of hydrogen-bond acceptors (Lipinski definition) is 2. The molecule has 1 fully saturated rings. The first-order chi connectivity index (χ1) is 8.76. The second kappa shape index (κ2) is 5.57. The molecule has 2 rings (SSSR count). The molecule has 1 aliphatic carbocycles. The van der Waals surface area contributed by atoms with Gasteiger partial charge >= 0.3 is 0 Å². The zero-order chi connectivity index (χ0) is 14.1. The van der Waals surface area contributed by atoms with E-state index in [1.807, 2.05) is 11.3 Å². The van der Waals surface area contributed by atoms with E-state index in [4.69, 9.17) is 0 Å². The maximum atomic E-state index is 3.67. The largest absolute Gasteiger partial charge is 0.313 e. The highest BCUT2D eigenvalue weighted by atomic mass is 32.1. The Labute approximate surface area is 122 Å². The van der Waals surface area contributed by atoms with E-state index in [9.17, 15) is 0 Å². The Kier molecular flexibility index (Phi) is 4.42. The van der Waals surface area contributed by atoms with Gasteiger partial charge in [0.15, 0.2) is 0 Å². The van der Waals surface area contributed by atoms with Crippen LogP contribution >= 0.6 is 11.3 Å². The van der Waals surface area contributed by atoms with E-state index in [0.717, 1.165) is 12.6 Å². The fourth-order valence-corrected chi connectivity index (χ4v) is 3.24. The minimum absolute atomic E-state index is 0.298. The first-order valence-electron chi connectivity index (χ1n) is 7.59. The number of hydrogen-bond donors (Lipinski definition) is 1. The summed E-state index contributed by atoms with van der Waals surface area (Å²) in [6.07, 6.45) is 5.27.